The van der Waals surface area contributed by atoms with Gasteiger partial charge in [-0.05, 0) is 0 Å². The molecule has 8 nitrogen and oxygen atoms in total. The Kier molecular flexibility index (Phi) is 3.07. The van der Waals surface area contributed by atoms with Gasteiger partial charge in [-0.25, -0.2) is 0 Å². The molecule has 0 atom stereocenters. The summed E-state index contributed by atoms with van der Waals surface area (Å²) < 4.78 is 15.4. The number of methoxy groups -OCH3 is 3. The molecule has 0 amide bonds. The first kappa shape index (κ1) is 12.8. The number of nitrogen functional groups attached to an aromatic ring is 1. The van der Waals surface area contributed by atoms with Crippen molar-refractivity contribution in [2.75, 3.05) is 27.1 Å². The minimum atomic E-state index is -0.550. The van der Waals surface area contributed by atoms with Gasteiger partial charge in [-0.15, -0.1) is 0 Å². The number of anilines is 1. The quantitative estimate of drug-likeness (QED) is 0.664. The standard InChI is InChI=1S/C11H13N3O5/c1-17-7-5-4(10(15)13-14-11(5)16)6(12)8(18-2)9(7)19-3/h12H2,1-3H3,(H,13,15)(H,14,16). The van der Waals surface area contributed by atoms with Crippen molar-refractivity contribution in [3.05, 3.63) is 20.7 Å². The number of H-pyrrole nitrogens is 2. The van der Waals surface area contributed by atoms with Crippen LogP contribution in [0.4, 0.5) is 5.69 Å². The molecule has 1 aromatic carbocycles. The summed E-state index contributed by atoms with van der Waals surface area (Å²) in [5, 5.41) is 4.42. The summed E-state index contributed by atoms with van der Waals surface area (Å²) in [7, 11) is 4.11. The minimum Gasteiger partial charge on any atom is -0.492 e. The molecule has 1 aromatic heterocycles. The maximum atomic E-state index is 11.9. The molecule has 2 aromatic rings. The fourth-order valence-corrected chi connectivity index (χ4v) is 1.97. The number of ether oxygens (including phenoxy) is 3. The van der Waals surface area contributed by atoms with Gasteiger partial charge in [0.15, 0.2) is 11.5 Å². The maximum absolute atomic E-state index is 11.9. The Labute approximate surface area is 107 Å². The highest BCUT2D eigenvalue weighted by atomic mass is 16.5. The molecule has 102 valence electrons. The molecule has 0 spiro atoms. The van der Waals surface area contributed by atoms with Crippen LogP contribution < -0.4 is 31.1 Å². The number of fused-ring (bicyclic) bond motifs is 1. The fourth-order valence-electron chi connectivity index (χ4n) is 1.97. The SMILES string of the molecule is COc1c(OC)c(OC)c2c(=O)[nH][nH]c(=O)c2c1N. The molecule has 0 radical (unpaired) electrons. The Bertz CT molecular complexity index is 747. The van der Waals surface area contributed by atoms with Gasteiger partial charge in [-0.2, -0.15) is 0 Å². The van der Waals surface area contributed by atoms with Gasteiger partial charge >= 0.3 is 0 Å². The molecular formula is C11H13N3O5. The second-order valence-corrected chi connectivity index (χ2v) is 3.67. The van der Waals surface area contributed by atoms with E-state index < -0.39 is 11.1 Å². The topological polar surface area (TPSA) is 119 Å². The van der Waals surface area contributed by atoms with Gasteiger partial charge in [-0.3, -0.25) is 19.8 Å². The highest BCUT2D eigenvalue weighted by molar-refractivity contribution is 6.01. The van der Waals surface area contributed by atoms with Gasteiger partial charge in [-0.1, -0.05) is 0 Å². The first-order valence-corrected chi connectivity index (χ1v) is 5.28. The number of nitrogens with one attached hydrogen (secondary N) is 2. The van der Waals surface area contributed by atoms with Crippen molar-refractivity contribution in [3.8, 4) is 17.2 Å². The molecule has 0 saturated carbocycles. The van der Waals surface area contributed by atoms with Crippen LogP contribution in [0.3, 0.4) is 0 Å². The molecule has 2 rings (SSSR count). The summed E-state index contributed by atoms with van der Waals surface area (Å²) in [6.07, 6.45) is 0. The molecule has 0 saturated heterocycles. The van der Waals surface area contributed by atoms with Crippen molar-refractivity contribution in [2.45, 2.75) is 0 Å². The molecule has 0 aliphatic rings. The van der Waals surface area contributed by atoms with Crippen molar-refractivity contribution in [3.63, 3.8) is 0 Å². The van der Waals surface area contributed by atoms with E-state index in [-0.39, 0.29) is 33.7 Å². The van der Waals surface area contributed by atoms with Gasteiger partial charge < -0.3 is 19.9 Å². The Morgan fingerprint density at radius 3 is 1.74 bits per heavy atom. The molecule has 0 unspecified atom stereocenters. The third-order valence-corrected chi connectivity index (χ3v) is 2.76. The van der Waals surface area contributed by atoms with E-state index >= 15 is 0 Å². The largest absolute Gasteiger partial charge is 0.492 e. The molecule has 19 heavy (non-hydrogen) atoms. The molecule has 0 fully saturated rings. The highest BCUT2D eigenvalue weighted by Crippen LogP contribution is 2.45. The Morgan fingerprint density at radius 2 is 1.26 bits per heavy atom. The molecule has 1 heterocycles. The normalized spacial score (nSPS) is 10.5. The monoisotopic (exact) mass is 267 g/mol. The predicted molar refractivity (Wildman–Crippen MR) is 69.3 cm³/mol. The number of hydrogen-bond acceptors (Lipinski definition) is 6. The van der Waals surface area contributed by atoms with E-state index in [4.69, 9.17) is 19.9 Å². The Morgan fingerprint density at radius 1 is 0.789 bits per heavy atom. The number of nitrogens with two attached hydrogens (primary N) is 1. The lowest BCUT2D eigenvalue weighted by Crippen LogP contribution is -2.21. The van der Waals surface area contributed by atoms with Crippen LogP contribution in [0, 0.1) is 0 Å². The van der Waals surface area contributed by atoms with Crippen LogP contribution >= 0.6 is 0 Å². The van der Waals surface area contributed by atoms with Crippen molar-refractivity contribution in [1.29, 1.82) is 0 Å². The lowest BCUT2D eigenvalue weighted by atomic mass is 10.1. The third-order valence-electron chi connectivity index (χ3n) is 2.76. The van der Waals surface area contributed by atoms with E-state index in [1.54, 1.807) is 0 Å². The number of benzene rings is 1. The van der Waals surface area contributed by atoms with Crippen LogP contribution in [0.2, 0.25) is 0 Å². The van der Waals surface area contributed by atoms with Crippen LogP contribution in [0.1, 0.15) is 0 Å². The minimum absolute atomic E-state index is 0.00162. The maximum Gasteiger partial charge on any atom is 0.274 e. The first-order chi connectivity index (χ1) is 9.06. The number of hydrogen-bond donors (Lipinski definition) is 3. The average molecular weight is 267 g/mol. The van der Waals surface area contributed by atoms with Crippen molar-refractivity contribution < 1.29 is 14.2 Å². The van der Waals surface area contributed by atoms with Crippen molar-refractivity contribution in [2.24, 2.45) is 0 Å². The van der Waals surface area contributed by atoms with Crippen LogP contribution in [0.25, 0.3) is 10.8 Å². The second kappa shape index (κ2) is 4.56. The van der Waals surface area contributed by atoms with Crippen LogP contribution in [0.15, 0.2) is 9.59 Å². The molecule has 4 N–H and O–H groups in total. The summed E-state index contributed by atoms with van der Waals surface area (Å²) in [6, 6.07) is 0. The van der Waals surface area contributed by atoms with Gasteiger partial charge in [0.1, 0.15) is 5.39 Å². The number of aromatic amines is 2. The van der Waals surface area contributed by atoms with Crippen LogP contribution in [-0.4, -0.2) is 31.5 Å². The molecule has 0 aliphatic heterocycles. The van der Waals surface area contributed by atoms with Crippen molar-refractivity contribution in [1.82, 2.24) is 10.2 Å². The molecule has 0 bridgehead atoms. The Hall–Kier alpha value is -2.64. The van der Waals surface area contributed by atoms with Crippen LogP contribution in [0.5, 0.6) is 17.2 Å². The summed E-state index contributed by atoms with van der Waals surface area (Å²) in [6.45, 7) is 0. The first-order valence-electron chi connectivity index (χ1n) is 5.28. The zero-order valence-electron chi connectivity index (χ0n) is 10.6. The van der Waals surface area contributed by atoms with Gasteiger partial charge in [0, 0.05) is 0 Å². The summed E-state index contributed by atoms with van der Waals surface area (Å²) in [5.74, 6) is 0.393. The lowest BCUT2D eigenvalue weighted by molar-refractivity contribution is 0.328. The second-order valence-electron chi connectivity index (χ2n) is 3.67. The Balaban J connectivity index is 3.18. The molecular weight excluding hydrogens is 254 g/mol. The van der Waals surface area contributed by atoms with Gasteiger partial charge in [0.05, 0.1) is 32.4 Å². The molecule has 0 aliphatic carbocycles. The average Bonchev–Trinajstić information content (AvgIpc) is 2.41. The zero-order chi connectivity index (χ0) is 14.2. The third kappa shape index (κ3) is 1.68. The number of rotatable bonds is 3. The van der Waals surface area contributed by atoms with E-state index in [9.17, 15) is 9.59 Å². The van der Waals surface area contributed by atoms with Gasteiger partial charge in [0.2, 0.25) is 5.75 Å². The van der Waals surface area contributed by atoms with E-state index in [1.807, 2.05) is 0 Å². The fraction of sp³-hybridized carbons (Fsp3) is 0.273. The van der Waals surface area contributed by atoms with E-state index in [1.165, 1.54) is 21.3 Å². The van der Waals surface area contributed by atoms with E-state index in [0.717, 1.165) is 0 Å². The zero-order valence-corrected chi connectivity index (χ0v) is 10.6. The summed E-state index contributed by atoms with van der Waals surface area (Å²) in [4.78, 5) is 23.7. The smallest absolute Gasteiger partial charge is 0.274 e. The summed E-state index contributed by atoms with van der Waals surface area (Å²) in [5.41, 5.74) is 4.79. The van der Waals surface area contributed by atoms with Crippen LogP contribution in [-0.2, 0) is 0 Å². The van der Waals surface area contributed by atoms with E-state index in [2.05, 4.69) is 10.2 Å². The van der Waals surface area contributed by atoms with E-state index in [0.29, 0.717) is 0 Å². The predicted octanol–water partition coefficient (Wildman–Crippen LogP) is -0.176. The lowest BCUT2D eigenvalue weighted by Gasteiger charge is -2.16. The van der Waals surface area contributed by atoms with Crippen molar-refractivity contribution >= 4 is 16.5 Å². The molecule has 8 heteroatoms. The van der Waals surface area contributed by atoms with Gasteiger partial charge in [0.25, 0.3) is 11.1 Å². The highest BCUT2D eigenvalue weighted by Gasteiger charge is 2.24. The number of aromatic nitrogens is 2. The summed E-state index contributed by atoms with van der Waals surface area (Å²) >= 11 is 0.